The Morgan fingerprint density at radius 3 is 2.44 bits per heavy atom. The highest BCUT2D eigenvalue weighted by atomic mass is 16.4. The fourth-order valence-corrected chi connectivity index (χ4v) is 2.15. The second kappa shape index (κ2) is 5.01. The van der Waals surface area contributed by atoms with Crippen LogP contribution in [0.2, 0.25) is 0 Å². The molecule has 1 amide bonds. The first-order valence-corrected chi connectivity index (χ1v) is 5.69. The average Bonchev–Trinajstić information content (AvgIpc) is 2.16. The third-order valence-corrected chi connectivity index (χ3v) is 3.13. The van der Waals surface area contributed by atoms with Crippen molar-refractivity contribution < 1.29 is 15.0 Å². The number of carboxylic acid groups (broad SMARTS) is 1. The Balaban J connectivity index is 2.74. The first-order valence-electron chi connectivity index (χ1n) is 5.69. The van der Waals surface area contributed by atoms with Crippen LogP contribution in [0.1, 0.15) is 20.8 Å². The van der Waals surface area contributed by atoms with Crippen LogP contribution in [0.3, 0.4) is 0 Å². The van der Waals surface area contributed by atoms with Gasteiger partial charge in [-0.3, -0.25) is 4.90 Å². The molecule has 0 saturated carbocycles. The van der Waals surface area contributed by atoms with E-state index < -0.39 is 6.09 Å². The zero-order chi connectivity index (χ0) is 12.3. The summed E-state index contributed by atoms with van der Waals surface area (Å²) in [5, 5.41) is 18.1. The molecule has 1 aliphatic rings. The van der Waals surface area contributed by atoms with E-state index in [4.69, 9.17) is 10.2 Å². The van der Waals surface area contributed by atoms with Crippen molar-refractivity contribution in [1.82, 2.24) is 9.80 Å². The number of hydrogen-bond acceptors (Lipinski definition) is 3. The highest BCUT2D eigenvalue weighted by Gasteiger charge is 2.37. The lowest BCUT2D eigenvalue weighted by Crippen LogP contribution is -2.59. The van der Waals surface area contributed by atoms with E-state index in [2.05, 4.69) is 25.7 Å². The standard InChI is InChI=1S/C11H22N2O3/c1-11(2,3)9-8-12(6-7-14)4-5-13(9)10(15)16/h9,14H,4-8H2,1-3H3,(H,15,16). The molecule has 5 nitrogen and oxygen atoms in total. The molecule has 0 aromatic heterocycles. The predicted molar refractivity (Wildman–Crippen MR) is 61.5 cm³/mol. The van der Waals surface area contributed by atoms with Crippen molar-refractivity contribution in [2.24, 2.45) is 5.41 Å². The lowest BCUT2D eigenvalue weighted by molar-refractivity contribution is 0.0168. The fraction of sp³-hybridized carbons (Fsp3) is 0.909. The minimum Gasteiger partial charge on any atom is -0.465 e. The Bertz CT molecular complexity index is 250. The van der Waals surface area contributed by atoms with E-state index in [9.17, 15) is 4.79 Å². The number of piperazine rings is 1. The van der Waals surface area contributed by atoms with Gasteiger partial charge in [-0.15, -0.1) is 0 Å². The third kappa shape index (κ3) is 3.09. The summed E-state index contributed by atoms with van der Waals surface area (Å²) in [6, 6.07) is -0.00898. The number of rotatable bonds is 2. The van der Waals surface area contributed by atoms with Crippen LogP contribution in [0.5, 0.6) is 0 Å². The number of nitrogens with zero attached hydrogens (tertiary/aromatic N) is 2. The van der Waals surface area contributed by atoms with Crippen LogP contribution in [-0.2, 0) is 0 Å². The van der Waals surface area contributed by atoms with Crippen molar-refractivity contribution in [3.8, 4) is 0 Å². The van der Waals surface area contributed by atoms with Gasteiger partial charge in [-0.25, -0.2) is 4.79 Å². The summed E-state index contributed by atoms with van der Waals surface area (Å²) in [6.07, 6.45) is -0.844. The molecule has 1 aliphatic heterocycles. The lowest BCUT2D eigenvalue weighted by atomic mass is 9.84. The van der Waals surface area contributed by atoms with Gasteiger partial charge in [0, 0.05) is 26.2 Å². The maximum Gasteiger partial charge on any atom is 0.407 e. The summed E-state index contributed by atoms with van der Waals surface area (Å²) in [7, 11) is 0. The maximum atomic E-state index is 11.1. The molecule has 94 valence electrons. The molecule has 2 N–H and O–H groups in total. The summed E-state index contributed by atoms with van der Waals surface area (Å²) in [4.78, 5) is 14.8. The fourth-order valence-electron chi connectivity index (χ4n) is 2.15. The highest BCUT2D eigenvalue weighted by molar-refractivity contribution is 5.65. The molecule has 1 atom stereocenters. The van der Waals surface area contributed by atoms with Crippen LogP contribution >= 0.6 is 0 Å². The van der Waals surface area contributed by atoms with Crippen molar-refractivity contribution in [3.63, 3.8) is 0 Å². The summed E-state index contributed by atoms with van der Waals surface area (Å²) in [6.45, 7) is 8.85. The van der Waals surface area contributed by atoms with Crippen molar-refractivity contribution in [2.75, 3.05) is 32.8 Å². The second-order valence-corrected chi connectivity index (χ2v) is 5.38. The number of amides is 1. The zero-order valence-electron chi connectivity index (χ0n) is 10.3. The maximum absolute atomic E-state index is 11.1. The van der Waals surface area contributed by atoms with Crippen molar-refractivity contribution >= 4 is 6.09 Å². The van der Waals surface area contributed by atoms with E-state index in [1.54, 1.807) is 0 Å². The SMILES string of the molecule is CC(C)(C)C1CN(CCO)CCN1C(=O)O. The largest absolute Gasteiger partial charge is 0.465 e. The normalized spacial score (nSPS) is 23.5. The molecule has 0 spiro atoms. The minimum absolute atomic E-state index is 0.00898. The van der Waals surface area contributed by atoms with E-state index in [1.165, 1.54) is 4.90 Å². The van der Waals surface area contributed by atoms with Crippen LogP contribution in [-0.4, -0.2) is 64.9 Å². The molecule has 5 heteroatoms. The number of hydrogen-bond donors (Lipinski definition) is 2. The van der Waals surface area contributed by atoms with Gasteiger partial charge in [-0.2, -0.15) is 0 Å². The molecule has 0 aromatic rings. The van der Waals surface area contributed by atoms with E-state index in [0.717, 1.165) is 0 Å². The monoisotopic (exact) mass is 230 g/mol. The molecule has 1 fully saturated rings. The Morgan fingerprint density at radius 2 is 2.00 bits per heavy atom. The quantitative estimate of drug-likeness (QED) is 0.732. The first-order chi connectivity index (χ1) is 7.36. The molecule has 1 rings (SSSR count). The number of carbonyl (C=O) groups is 1. The Kier molecular flexibility index (Phi) is 4.15. The molecule has 0 radical (unpaired) electrons. The minimum atomic E-state index is -0.844. The van der Waals surface area contributed by atoms with Crippen molar-refractivity contribution in [3.05, 3.63) is 0 Å². The Hall–Kier alpha value is -0.810. The zero-order valence-corrected chi connectivity index (χ0v) is 10.3. The first kappa shape index (κ1) is 13.3. The molecule has 1 heterocycles. The smallest absolute Gasteiger partial charge is 0.407 e. The molecule has 0 bridgehead atoms. The van der Waals surface area contributed by atoms with Crippen LogP contribution in [0, 0.1) is 5.41 Å². The lowest BCUT2D eigenvalue weighted by Gasteiger charge is -2.45. The van der Waals surface area contributed by atoms with E-state index in [1.807, 2.05) is 0 Å². The second-order valence-electron chi connectivity index (χ2n) is 5.38. The summed E-state index contributed by atoms with van der Waals surface area (Å²) < 4.78 is 0. The predicted octanol–water partition coefficient (Wildman–Crippen LogP) is 0.689. The molecule has 0 aliphatic carbocycles. The highest BCUT2D eigenvalue weighted by Crippen LogP contribution is 2.27. The van der Waals surface area contributed by atoms with Crippen LogP contribution < -0.4 is 0 Å². The van der Waals surface area contributed by atoms with Gasteiger partial charge in [-0.05, 0) is 5.41 Å². The average molecular weight is 230 g/mol. The van der Waals surface area contributed by atoms with Gasteiger partial charge >= 0.3 is 6.09 Å². The third-order valence-electron chi connectivity index (χ3n) is 3.13. The van der Waals surface area contributed by atoms with Gasteiger partial charge in [0.1, 0.15) is 0 Å². The van der Waals surface area contributed by atoms with Crippen LogP contribution in [0.15, 0.2) is 0 Å². The molecule has 1 unspecified atom stereocenters. The molecular formula is C11H22N2O3. The van der Waals surface area contributed by atoms with Gasteiger partial charge in [0.15, 0.2) is 0 Å². The van der Waals surface area contributed by atoms with E-state index >= 15 is 0 Å². The van der Waals surface area contributed by atoms with Crippen LogP contribution in [0.25, 0.3) is 0 Å². The van der Waals surface area contributed by atoms with Crippen molar-refractivity contribution in [1.29, 1.82) is 0 Å². The van der Waals surface area contributed by atoms with Crippen LogP contribution in [0.4, 0.5) is 4.79 Å². The molecule has 0 aromatic carbocycles. The number of β-amino-alcohol motifs (C(OH)–C–C–N with tert-alkyl or cyclic N) is 1. The Labute approximate surface area is 96.7 Å². The topological polar surface area (TPSA) is 64.0 Å². The van der Waals surface area contributed by atoms with E-state index in [0.29, 0.717) is 26.2 Å². The van der Waals surface area contributed by atoms with Gasteiger partial charge in [0.2, 0.25) is 0 Å². The summed E-state index contributed by atoms with van der Waals surface area (Å²) in [5.74, 6) is 0. The van der Waals surface area contributed by atoms with E-state index in [-0.39, 0.29) is 18.1 Å². The molecule has 1 saturated heterocycles. The van der Waals surface area contributed by atoms with Gasteiger partial charge < -0.3 is 15.1 Å². The van der Waals surface area contributed by atoms with Gasteiger partial charge in [-0.1, -0.05) is 20.8 Å². The summed E-state index contributed by atoms with van der Waals surface area (Å²) in [5.41, 5.74) is -0.0769. The number of aliphatic hydroxyl groups excluding tert-OH is 1. The van der Waals surface area contributed by atoms with Crippen molar-refractivity contribution in [2.45, 2.75) is 26.8 Å². The van der Waals surface area contributed by atoms with Gasteiger partial charge in [0.05, 0.1) is 12.6 Å². The summed E-state index contributed by atoms with van der Waals surface area (Å²) >= 11 is 0. The molecule has 16 heavy (non-hydrogen) atoms. The number of aliphatic hydroxyl groups is 1. The van der Waals surface area contributed by atoms with Gasteiger partial charge in [0.25, 0.3) is 0 Å². The molecular weight excluding hydrogens is 208 g/mol. The Morgan fingerprint density at radius 1 is 1.38 bits per heavy atom.